The lowest BCUT2D eigenvalue weighted by atomic mass is 9.85. The summed E-state index contributed by atoms with van der Waals surface area (Å²) < 4.78 is 16.9. The molecule has 0 saturated carbocycles. The molecule has 1 amide bonds. The van der Waals surface area contributed by atoms with Gasteiger partial charge in [-0.3, -0.25) is 9.59 Å². The SMILES string of the molecule is CC[C@H]1OC(=O)[C@H](C)C(=O)CC[C@H](OC)C[C@@H](C)CN[C@H](C)[C@H]2NC(=O)O[C@@]21C. The van der Waals surface area contributed by atoms with Crippen LogP contribution in [0.4, 0.5) is 4.79 Å². The third-order valence-corrected chi connectivity index (χ3v) is 6.31. The molecule has 7 atom stereocenters. The van der Waals surface area contributed by atoms with Crippen molar-refractivity contribution in [2.75, 3.05) is 13.7 Å². The second-order valence-corrected chi connectivity index (χ2v) is 8.65. The van der Waals surface area contributed by atoms with E-state index in [1.54, 1.807) is 21.0 Å². The highest BCUT2D eigenvalue weighted by Crippen LogP contribution is 2.33. The zero-order chi connectivity index (χ0) is 21.8. The normalized spacial score (nSPS) is 40.1. The predicted molar refractivity (Wildman–Crippen MR) is 107 cm³/mol. The molecule has 0 aromatic rings. The molecule has 166 valence electrons. The Balaban J connectivity index is 2.31. The number of alkyl carbamates (subject to hydrolysis) is 1. The minimum Gasteiger partial charge on any atom is -0.458 e. The number of hydrogen-bond donors (Lipinski definition) is 2. The van der Waals surface area contributed by atoms with Crippen LogP contribution in [0.5, 0.6) is 0 Å². The fraction of sp³-hybridized carbons (Fsp3) is 0.857. The van der Waals surface area contributed by atoms with E-state index >= 15 is 0 Å². The van der Waals surface area contributed by atoms with Gasteiger partial charge in [-0.05, 0) is 52.5 Å². The highest BCUT2D eigenvalue weighted by atomic mass is 16.6. The van der Waals surface area contributed by atoms with Crippen molar-refractivity contribution in [3.63, 3.8) is 0 Å². The quantitative estimate of drug-likeness (QED) is 0.529. The molecule has 0 aromatic carbocycles. The molecule has 8 heteroatoms. The van der Waals surface area contributed by atoms with E-state index in [1.807, 2.05) is 13.8 Å². The van der Waals surface area contributed by atoms with E-state index < -0.39 is 29.7 Å². The van der Waals surface area contributed by atoms with Crippen LogP contribution >= 0.6 is 0 Å². The van der Waals surface area contributed by atoms with Gasteiger partial charge < -0.3 is 24.8 Å². The van der Waals surface area contributed by atoms with E-state index in [4.69, 9.17) is 14.2 Å². The first-order valence-electron chi connectivity index (χ1n) is 10.6. The molecule has 2 N–H and O–H groups in total. The van der Waals surface area contributed by atoms with Gasteiger partial charge in [0.05, 0.1) is 12.1 Å². The van der Waals surface area contributed by atoms with Gasteiger partial charge in [-0.2, -0.15) is 0 Å². The van der Waals surface area contributed by atoms with Crippen LogP contribution in [-0.4, -0.2) is 61.4 Å². The fourth-order valence-corrected chi connectivity index (χ4v) is 4.32. The van der Waals surface area contributed by atoms with Gasteiger partial charge >= 0.3 is 12.1 Å². The Bertz CT molecular complexity index is 612. The number of amides is 1. The number of nitrogens with one attached hydrogen (secondary N) is 2. The molecule has 0 unspecified atom stereocenters. The Kier molecular flexibility index (Phi) is 8.05. The molecule has 2 rings (SSSR count). The molecule has 2 aliphatic heterocycles. The lowest BCUT2D eigenvalue weighted by molar-refractivity contribution is -0.169. The molecule has 8 nitrogen and oxygen atoms in total. The van der Waals surface area contributed by atoms with E-state index in [0.717, 1.165) is 13.0 Å². The lowest BCUT2D eigenvalue weighted by Gasteiger charge is -2.38. The average Bonchev–Trinajstić information content (AvgIpc) is 3.00. The maximum atomic E-state index is 12.7. The van der Waals surface area contributed by atoms with Crippen molar-refractivity contribution in [2.24, 2.45) is 11.8 Å². The van der Waals surface area contributed by atoms with Gasteiger partial charge in [-0.15, -0.1) is 0 Å². The van der Waals surface area contributed by atoms with Crippen molar-refractivity contribution in [3.8, 4) is 0 Å². The van der Waals surface area contributed by atoms with Gasteiger partial charge in [-0.25, -0.2) is 4.79 Å². The van der Waals surface area contributed by atoms with E-state index in [2.05, 4.69) is 17.6 Å². The summed E-state index contributed by atoms with van der Waals surface area (Å²) in [5, 5.41) is 6.35. The number of rotatable bonds is 2. The monoisotopic (exact) mass is 412 g/mol. The highest BCUT2D eigenvalue weighted by Gasteiger charge is 2.54. The van der Waals surface area contributed by atoms with Crippen LogP contribution in [0.25, 0.3) is 0 Å². The Morgan fingerprint density at radius 2 is 1.90 bits per heavy atom. The second-order valence-electron chi connectivity index (χ2n) is 8.65. The number of esters is 1. The number of methoxy groups -OCH3 is 1. The summed E-state index contributed by atoms with van der Waals surface area (Å²) in [4.78, 5) is 37.3. The first kappa shape index (κ1) is 23.6. The maximum absolute atomic E-state index is 12.7. The molecule has 0 bridgehead atoms. The molecule has 0 spiro atoms. The second kappa shape index (κ2) is 9.89. The first-order valence-corrected chi connectivity index (χ1v) is 10.6. The van der Waals surface area contributed by atoms with Crippen molar-refractivity contribution in [3.05, 3.63) is 0 Å². The minimum absolute atomic E-state index is 0.0532. The van der Waals surface area contributed by atoms with Gasteiger partial charge in [0.1, 0.15) is 17.8 Å². The van der Waals surface area contributed by atoms with Gasteiger partial charge in [0, 0.05) is 19.6 Å². The molecule has 0 aromatic heterocycles. The summed E-state index contributed by atoms with van der Waals surface area (Å²) in [6.07, 6.45) is 0.852. The molecule has 2 saturated heterocycles. The number of cyclic esters (lactones) is 1. The largest absolute Gasteiger partial charge is 0.458 e. The van der Waals surface area contributed by atoms with Crippen LogP contribution in [0.15, 0.2) is 0 Å². The molecule has 0 aliphatic carbocycles. The third-order valence-electron chi connectivity index (χ3n) is 6.31. The zero-order valence-electron chi connectivity index (χ0n) is 18.4. The number of hydrogen-bond acceptors (Lipinski definition) is 7. The predicted octanol–water partition coefficient (Wildman–Crippen LogP) is 2.19. The molecule has 29 heavy (non-hydrogen) atoms. The number of carbonyl (C=O) groups is 3. The van der Waals surface area contributed by atoms with Gasteiger partial charge in [0.15, 0.2) is 5.60 Å². The number of ketones is 1. The molecule has 2 aliphatic rings. The van der Waals surface area contributed by atoms with E-state index in [-0.39, 0.29) is 30.4 Å². The summed E-state index contributed by atoms with van der Waals surface area (Å²) in [6.45, 7) is 10.1. The van der Waals surface area contributed by atoms with Crippen molar-refractivity contribution in [1.29, 1.82) is 0 Å². The topological polar surface area (TPSA) is 103 Å². The number of ether oxygens (including phenoxy) is 3. The Hall–Kier alpha value is -1.67. The van der Waals surface area contributed by atoms with Crippen LogP contribution < -0.4 is 10.6 Å². The lowest BCUT2D eigenvalue weighted by Crippen LogP contribution is -2.60. The zero-order valence-corrected chi connectivity index (χ0v) is 18.4. The Morgan fingerprint density at radius 3 is 2.52 bits per heavy atom. The standard InChI is InChI=1S/C21H36N2O6/c1-7-17-21(5)18(23-20(26)29-21)14(4)22-11-12(2)10-15(27-6)8-9-16(24)13(3)19(25)28-17/h12-15,17-18,22H,7-11H2,1-6H3,(H,23,26)/t12-,13-,14-,15+,17-,18-,21-/m1/s1. The Morgan fingerprint density at radius 1 is 1.21 bits per heavy atom. The number of fused-ring (bicyclic) bond motifs is 1. The molecule has 0 radical (unpaired) electrons. The van der Waals surface area contributed by atoms with Crippen molar-refractivity contribution < 1.29 is 28.6 Å². The van der Waals surface area contributed by atoms with Crippen molar-refractivity contribution >= 4 is 17.8 Å². The highest BCUT2D eigenvalue weighted by molar-refractivity contribution is 5.98. The van der Waals surface area contributed by atoms with E-state index in [1.165, 1.54) is 0 Å². The summed E-state index contributed by atoms with van der Waals surface area (Å²) in [7, 11) is 1.65. The van der Waals surface area contributed by atoms with Crippen LogP contribution in [-0.2, 0) is 23.8 Å². The fourth-order valence-electron chi connectivity index (χ4n) is 4.32. The average molecular weight is 413 g/mol. The van der Waals surface area contributed by atoms with Crippen LogP contribution in [0.3, 0.4) is 0 Å². The van der Waals surface area contributed by atoms with Crippen molar-refractivity contribution in [1.82, 2.24) is 10.6 Å². The Labute approximate surface area is 173 Å². The third kappa shape index (κ3) is 5.48. The van der Waals surface area contributed by atoms with Crippen LogP contribution in [0.2, 0.25) is 0 Å². The van der Waals surface area contributed by atoms with Crippen LogP contribution in [0, 0.1) is 11.8 Å². The molecular weight excluding hydrogens is 376 g/mol. The summed E-state index contributed by atoms with van der Waals surface area (Å²) in [6, 6.07) is -0.485. The summed E-state index contributed by atoms with van der Waals surface area (Å²) in [5.41, 5.74) is -1.03. The van der Waals surface area contributed by atoms with Crippen LogP contribution in [0.1, 0.15) is 60.3 Å². The number of Topliss-reactive ketones (excluding diaryl/α,β-unsaturated/α-hetero) is 1. The van der Waals surface area contributed by atoms with E-state index in [0.29, 0.717) is 18.8 Å². The summed E-state index contributed by atoms with van der Waals surface area (Å²) >= 11 is 0. The molecular formula is C21H36N2O6. The van der Waals surface area contributed by atoms with Gasteiger partial charge in [0.2, 0.25) is 0 Å². The van der Waals surface area contributed by atoms with Crippen molar-refractivity contribution in [2.45, 2.75) is 90.2 Å². The van der Waals surface area contributed by atoms with E-state index in [9.17, 15) is 14.4 Å². The summed E-state index contributed by atoms with van der Waals surface area (Å²) in [5.74, 6) is -1.30. The smallest absolute Gasteiger partial charge is 0.408 e. The molecule has 2 fully saturated rings. The maximum Gasteiger partial charge on any atom is 0.408 e. The number of carbonyl (C=O) groups excluding carboxylic acids is 3. The minimum atomic E-state index is -1.03. The van der Waals surface area contributed by atoms with Gasteiger partial charge in [-0.1, -0.05) is 13.8 Å². The van der Waals surface area contributed by atoms with Gasteiger partial charge in [0.25, 0.3) is 0 Å². The first-order chi connectivity index (χ1) is 13.6. The molecule has 2 heterocycles.